The molecule has 0 spiro atoms. The fraction of sp³-hybridized carbons (Fsp3) is 0.364. The van der Waals surface area contributed by atoms with E-state index in [-0.39, 0.29) is 11.2 Å². The molecule has 8 heteroatoms. The second kappa shape index (κ2) is 5.03. The molecule has 0 radical (unpaired) electrons. The molecule has 0 aromatic heterocycles. The molecule has 1 aliphatic heterocycles. The third kappa shape index (κ3) is 3.02. The molecule has 1 atom stereocenters. The van der Waals surface area contributed by atoms with Crippen molar-refractivity contribution in [2.45, 2.75) is 17.1 Å². The smallest absolute Gasteiger partial charge is 0.301 e. The maximum atomic E-state index is 11.7. The van der Waals surface area contributed by atoms with Crippen LogP contribution in [0.3, 0.4) is 0 Å². The van der Waals surface area contributed by atoms with Crippen molar-refractivity contribution in [1.29, 1.82) is 0 Å². The Morgan fingerprint density at radius 1 is 1.37 bits per heavy atom. The van der Waals surface area contributed by atoms with Crippen LogP contribution in [0.4, 0.5) is 11.4 Å². The molecule has 1 unspecified atom stereocenters. The number of nitrogens with zero attached hydrogens (tertiary/aromatic N) is 1. The lowest BCUT2D eigenvalue weighted by Gasteiger charge is -2.22. The summed E-state index contributed by atoms with van der Waals surface area (Å²) in [4.78, 5) is 12.5. The third-order valence-electron chi connectivity index (χ3n) is 2.64. The largest absolute Gasteiger partial charge is 0.324 e. The molecule has 6 nitrogen and oxygen atoms in total. The number of benzene rings is 1. The molecule has 1 heterocycles. The lowest BCUT2D eigenvalue weighted by atomic mass is 10.2. The maximum absolute atomic E-state index is 11.7. The van der Waals surface area contributed by atoms with Gasteiger partial charge in [0, 0.05) is 19.0 Å². The summed E-state index contributed by atoms with van der Waals surface area (Å²) in [6.07, 6.45) is 0. The number of fused-ring (bicyclic) bond motifs is 1. The summed E-state index contributed by atoms with van der Waals surface area (Å²) in [6, 6.07) is 5.09. The lowest BCUT2D eigenvalue weighted by Crippen LogP contribution is -2.29. The molecule has 1 aromatic rings. The Morgan fingerprint density at radius 2 is 2.05 bits per heavy atom. The Kier molecular flexibility index (Phi) is 3.75. The second-order valence-corrected chi connectivity index (χ2v) is 7.62. The molecule has 1 amide bonds. The third-order valence-corrected chi connectivity index (χ3v) is 5.27. The maximum Gasteiger partial charge on any atom is 0.301 e. The predicted octanol–water partition coefficient (Wildman–Crippen LogP) is 1.34. The summed E-state index contributed by atoms with van der Waals surface area (Å²) < 4.78 is 26.9. The molecule has 2 N–H and O–H groups in total. The van der Waals surface area contributed by atoms with Crippen molar-refractivity contribution in [3.05, 3.63) is 18.2 Å². The first kappa shape index (κ1) is 14.2. The van der Waals surface area contributed by atoms with E-state index in [1.54, 1.807) is 18.2 Å². The summed E-state index contributed by atoms with van der Waals surface area (Å²) in [7, 11) is -0.649. The van der Waals surface area contributed by atoms with E-state index < -0.39 is 10.2 Å². The van der Waals surface area contributed by atoms with Gasteiger partial charge in [-0.05, 0) is 25.1 Å². The molecule has 2 rings (SSSR count). The topological polar surface area (TPSA) is 78.5 Å². The van der Waals surface area contributed by atoms with Gasteiger partial charge in [0.05, 0.1) is 16.6 Å². The highest BCUT2D eigenvalue weighted by atomic mass is 32.2. The van der Waals surface area contributed by atoms with E-state index in [2.05, 4.69) is 10.0 Å². The molecule has 0 saturated heterocycles. The molecule has 0 bridgehead atoms. The van der Waals surface area contributed by atoms with Crippen LogP contribution in [0, 0.1) is 0 Å². The van der Waals surface area contributed by atoms with E-state index in [1.807, 2.05) is 6.92 Å². The zero-order chi connectivity index (χ0) is 14.2. The molecular formula is C11H15N3O3S2. The molecule has 0 fully saturated rings. The van der Waals surface area contributed by atoms with Gasteiger partial charge in [-0.15, -0.1) is 11.8 Å². The van der Waals surface area contributed by atoms with Gasteiger partial charge >= 0.3 is 10.2 Å². The summed E-state index contributed by atoms with van der Waals surface area (Å²) in [6.45, 7) is 1.83. The van der Waals surface area contributed by atoms with E-state index in [0.717, 1.165) is 9.20 Å². The molecule has 1 aliphatic rings. The quantitative estimate of drug-likeness (QED) is 0.883. The monoisotopic (exact) mass is 301 g/mol. The van der Waals surface area contributed by atoms with Crippen LogP contribution in [-0.4, -0.2) is 38.0 Å². The average molecular weight is 301 g/mol. The SMILES string of the molecule is CC1Sc2ccc(NS(=O)(=O)N(C)C)cc2NC1=O. The minimum Gasteiger partial charge on any atom is -0.324 e. The summed E-state index contributed by atoms with van der Waals surface area (Å²) >= 11 is 1.45. The van der Waals surface area contributed by atoms with Crippen LogP contribution < -0.4 is 10.0 Å². The van der Waals surface area contributed by atoms with Gasteiger partial charge in [0.25, 0.3) is 0 Å². The Labute approximate surface area is 116 Å². The Hall–Kier alpha value is -1.25. The highest BCUT2D eigenvalue weighted by Gasteiger charge is 2.23. The van der Waals surface area contributed by atoms with Gasteiger partial charge in [0.15, 0.2) is 0 Å². The van der Waals surface area contributed by atoms with E-state index in [9.17, 15) is 13.2 Å². The Bertz CT molecular complexity index is 614. The van der Waals surface area contributed by atoms with Gasteiger partial charge in [-0.1, -0.05) is 0 Å². The zero-order valence-corrected chi connectivity index (χ0v) is 12.4. The summed E-state index contributed by atoms with van der Waals surface area (Å²) in [5.41, 5.74) is 1.05. The molecule has 104 valence electrons. The minimum atomic E-state index is -3.54. The molecule has 0 saturated carbocycles. The van der Waals surface area contributed by atoms with Crippen molar-refractivity contribution in [2.24, 2.45) is 0 Å². The van der Waals surface area contributed by atoms with Crippen LogP contribution in [0.15, 0.2) is 23.1 Å². The number of nitrogens with one attached hydrogen (secondary N) is 2. The van der Waals surface area contributed by atoms with Crippen molar-refractivity contribution in [3.63, 3.8) is 0 Å². The van der Waals surface area contributed by atoms with Crippen molar-refractivity contribution < 1.29 is 13.2 Å². The van der Waals surface area contributed by atoms with E-state index in [1.165, 1.54) is 25.9 Å². The number of carbonyl (C=O) groups is 1. The fourth-order valence-corrected chi connectivity index (χ4v) is 3.05. The highest BCUT2D eigenvalue weighted by Crippen LogP contribution is 2.37. The predicted molar refractivity (Wildman–Crippen MR) is 76.6 cm³/mol. The lowest BCUT2D eigenvalue weighted by molar-refractivity contribution is -0.115. The van der Waals surface area contributed by atoms with Crippen LogP contribution in [0.5, 0.6) is 0 Å². The van der Waals surface area contributed by atoms with Crippen molar-refractivity contribution in [1.82, 2.24) is 4.31 Å². The number of amides is 1. The van der Waals surface area contributed by atoms with Gasteiger partial charge in [-0.25, -0.2) is 0 Å². The van der Waals surface area contributed by atoms with E-state index >= 15 is 0 Å². The molecule has 0 aliphatic carbocycles. The highest BCUT2D eigenvalue weighted by molar-refractivity contribution is 8.01. The van der Waals surface area contributed by atoms with Crippen LogP contribution >= 0.6 is 11.8 Å². The standard InChI is InChI=1S/C11H15N3O3S2/c1-7-11(15)12-9-6-8(4-5-10(9)18-7)13-19(16,17)14(2)3/h4-7,13H,1-3H3,(H,12,15). The van der Waals surface area contributed by atoms with E-state index in [4.69, 9.17) is 0 Å². The van der Waals surface area contributed by atoms with Gasteiger partial charge in [0.1, 0.15) is 0 Å². The number of carbonyl (C=O) groups excluding carboxylic acids is 1. The molecular weight excluding hydrogens is 286 g/mol. The van der Waals surface area contributed by atoms with Crippen LogP contribution in [0.25, 0.3) is 0 Å². The Morgan fingerprint density at radius 3 is 2.68 bits per heavy atom. The minimum absolute atomic E-state index is 0.0786. The van der Waals surface area contributed by atoms with Crippen molar-refractivity contribution in [2.75, 3.05) is 24.1 Å². The van der Waals surface area contributed by atoms with Gasteiger partial charge in [-0.2, -0.15) is 12.7 Å². The van der Waals surface area contributed by atoms with Gasteiger partial charge in [0.2, 0.25) is 5.91 Å². The number of hydrogen-bond donors (Lipinski definition) is 2. The average Bonchev–Trinajstić information content (AvgIpc) is 2.30. The number of rotatable bonds is 3. The van der Waals surface area contributed by atoms with Crippen LogP contribution in [0.2, 0.25) is 0 Å². The van der Waals surface area contributed by atoms with Crippen LogP contribution in [0.1, 0.15) is 6.92 Å². The molecule has 19 heavy (non-hydrogen) atoms. The normalized spacial score (nSPS) is 18.9. The van der Waals surface area contributed by atoms with Crippen LogP contribution in [-0.2, 0) is 15.0 Å². The summed E-state index contributed by atoms with van der Waals surface area (Å²) in [5, 5.41) is 2.61. The first-order chi connectivity index (χ1) is 8.79. The number of hydrogen-bond acceptors (Lipinski definition) is 4. The van der Waals surface area contributed by atoms with Gasteiger partial charge < -0.3 is 5.32 Å². The fourth-order valence-electron chi connectivity index (χ4n) is 1.51. The first-order valence-electron chi connectivity index (χ1n) is 5.61. The Balaban J connectivity index is 2.28. The van der Waals surface area contributed by atoms with Crippen molar-refractivity contribution >= 4 is 39.3 Å². The number of thioether (sulfide) groups is 1. The summed E-state index contributed by atoms with van der Waals surface area (Å²) in [5.74, 6) is -0.0786. The van der Waals surface area contributed by atoms with Crippen molar-refractivity contribution in [3.8, 4) is 0 Å². The van der Waals surface area contributed by atoms with E-state index in [0.29, 0.717) is 11.4 Å². The molecule has 1 aromatic carbocycles. The van der Waals surface area contributed by atoms with Gasteiger partial charge in [-0.3, -0.25) is 9.52 Å². The first-order valence-corrected chi connectivity index (χ1v) is 7.93. The second-order valence-electron chi connectivity index (χ2n) is 4.35. The number of anilines is 2. The zero-order valence-electron chi connectivity index (χ0n) is 10.8.